The molecule has 1 aromatic carbocycles. The molecule has 0 radical (unpaired) electrons. The summed E-state index contributed by atoms with van der Waals surface area (Å²) in [6.45, 7) is 3.19. The van der Waals surface area contributed by atoms with E-state index >= 15 is 0 Å². The van der Waals surface area contributed by atoms with Gasteiger partial charge in [0.2, 0.25) is 5.91 Å². The summed E-state index contributed by atoms with van der Waals surface area (Å²) in [7, 11) is 1.79. The molecule has 0 unspecified atom stereocenters. The van der Waals surface area contributed by atoms with E-state index in [0.717, 1.165) is 17.0 Å². The minimum absolute atomic E-state index is 0.00910. The fourth-order valence-corrected chi connectivity index (χ4v) is 2.80. The number of amides is 1. The number of likely N-dealkylation sites (N-methyl/N-ethyl adjacent to an activating group) is 1. The Balaban J connectivity index is 1.81. The lowest BCUT2D eigenvalue weighted by molar-refractivity contribution is -0.128. The Kier molecular flexibility index (Phi) is 6.81. The van der Waals surface area contributed by atoms with Gasteiger partial charge in [-0.2, -0.15) is 0 Å². The minimum atomic E-state index is -0.324. The van der Waals surface area contributed by atoms with Crippen LogP contribution >= 0.6 is 11.3 Å². The zero-order valence-corrected chi connectivity index (χ0v) is 14.8. The molecule has 1 aromatic heterocycles. The third kappa shape index (κ3) is 5.38. The second-order valence-electron chi connectivity index (χ2n) is 5.40. The largest absolute Gasteiger partial charge is 0.462 e. The van der Waals surface area contributed by atoms with E-state index in [2.05, 4.69) is 5.32 Å². The lowest BCUT2D eigenvalue weighted by atomic mass is 10.2. The highest BCUT2D eigenvalue weighted by Crippen LogP contribution is 2.12. The van der Waals surface area contributed by atoms with E-state index in [9.17, 15) is 9.59 Å². The predicted molar refractivity (Wildman–Crippen MR) is 96.3 cm³/mol. The van der Waals surface area contributed by atoms with Gasteiger partial charge >= 0.3 is 5.97 Å². The van der Waals surface area contributed by atoms with Gasteiger partial charge in [0.1, 0.15) is 0 Å². The number of nitrogens with one attached hydrogen (secondary N) is 1. The first-order valence-electron chi connectivity index (χ1n) is 7.87. The molecular weight excluding hydrogens is 324 g/mol. The standard InChI is InChI=1S/C18H22N2O3S/c1-3-10-23-18(22)14-6-8-15(9-7-14)19-12-17(21)20(2)13-16-5-4-11-24-16/h4-9,11,19H,3,10,12-13H2,1-2H3. The van der Waals surface area contributed by atoms with Gasteiger partial charge in [-0.25, -0.2) is 4.79 Å². The Morgan fingerprint density at radius 2 is 1.96 bits per heavy atom. The summed E-state index contributed by atoms with van der Waals surface area (Å²) in [6, 6.07) is 10.9. The van der Waals surface area contributed by atoms with Crippen LogP contribution in [0.4, 0.5) is 5.69 Å². The molecule has 0 saturated heterocycles. The van der Waals surface area contributed by atoms with Crippen molar-refractivity contribution in [3.63, 3.8) is 0 Å². The quantitative estimate of drug-likeness (QED) is 0.745. The second-order valence-corrected chi connectivity index (χ2v) is 6.43. The summed E-state index contributed by atoms with van der Waals surface area (Å²) < 4.78 is 5.08. The average molecular weight is 346 g/mol. The molecule has 0 bridgehead atoms. The summed E-state index contributed by atoms with van der Waals surface area (Å²) in [6.07, 6.45) is 0.798. The minimum Gasteiger partial charge on any atom is -0.462 e. The van der Waals surface area contributed by atoms with Crippen LogP contribution in [-0.2, 0) is 16.1 Å². The Hall–Kier alpha value is -2.34. The molecule has 6 heteroatoms. The van der Waals surface area contributed by atoms with E-state index < -0.39 is 0 Å². The summed E-state index contributed by atoms with van der Waals surface area (Å²) >= 11 is 1.63. The molecule has 0 spiro atoms. The highest BCUT2D eigenvalue weighted by Gasteiger charge is 2.10. The zero-order valence-electron chi connectivity index (χ0n) is 14.0. The fourth-order valence-electron chi connectivity index (χ4n) is 2.04. The normalized spacial score (nSPS) is 10.2. The Morgan fingerprint density at radius 3 is 2.58 bits per heavy atom. The maximum atomic E-state index is 12.1. The number of carbonyl (C=O) groups excluding carboxylic acids is 2. The van der Waals surface area contributed by atoms with Crippen molar-refractivity contribution in [1.29, 1.82) is 0 Å². The van der Waals surface area contributed by atoms with Gasteiger partial charge in [-0.3, -0.25) is 4.79 Å². The van der Waals surface area contributed by atoms with E-state index in [4.69, 9.17) is 4.74 Å². The Labute approximate surface area is 146 Å². The Bertz CT molecular complexity index is 653. The van der Waals surface area contributed by atoms with Crippen molar-refractivity contribution in [3.05, 3.63) is 52.2 Å². The lowest BCUT2D eigenvalue weighted by Crippen LogP contribution is -2.31. The van der Waals surface area contributed by atoms with Crippen molar-refractivity contribution >= 4 is 28.9 Å². The number of hydrogen-bond donors (Lipinski definition) is 1. The van der Waals surface area contributed by atoms with Crippen LogP contribution in [0.1, 0.15) is 28.6 Å². The monoisotopic (exact) mass is 346 g/mol. The molecule has 2 aromatic rings. The van der Waals surface area contributed by atoms with E-state index in [1.54, 1.807) is 47.5 Å². The van der Waals surface area contributed by atoms with Crippen LogP contribution in [0.5, 0.6) is 0 Å². The molecule has 0 fully saturated rings. The topological polar surface area (TPSA) is 58.6 Å². The van der Waals surface area contributed by atoms with Gasteiger partial charge < -0.3 is 15.0 Å². The van der Waals surface area contributed by atoms with Crippen LogP contribution in [-0.4, -0.2) is 37.0 Å². The van der Waals surface area contributed by atoms with Gasteiger partial charge in [-0.1, -0.05) is 13.0 Å². The number of hydrogen-bond acceptors (Lipinski definition) is 5. The smallest absolute Gasteiger partial charge is 0.338 e. The molecule has 2 rings (SSSR count). The molecule has 0 aliphatic rings. The third-order valence-corrected chi connectivity index (χ3v) is 4.26. The van der Waals surface area contributed by atoms with Gasteiger partial charge in [-0.05, 0) is 42.1 Å². The first kappa shape index (κ1) is 18.0. The van der Waals surface area contributed by atoms with Gasteiger partial charge in [0, 0.05) is 17.6 Å². The SMILES string of the molecule is CCCOC(=O)c1ccc(NCC(=O)N(C)Cc2cccs2)cc1. The van der Waals surface area contributed by atoms with Crippen molar-refractivity contribution in [1.82, 2.24) is 4.90 Å². The van der Waals surface area contributed by atoms with Crippen LogP contribution in [0.3, 0.4) is 0 Å². The summed E-state index contributed by atoms with van der Waals surface area (Å²) in [5.41, 5.74) is 1.30. The van der Waals surface area contributed by atoms with Crippen molar-refractivity contribution in [2.75, 3.05) is 25.5 Å². The number of rotatable bonds is 8. The van der Waals surface area contributed by atoms with Crippen LogP contribution in [0, 0.1) is 0 Å². The van der Waals surface area contributed by atoms with E-state index in [-0.39, 0.29) is 18.4 Å². The lowest BCUT2D eigenvalue weighted by Gasteiger charge is -2.17. The predicted octanol–water partition coefficient (Wildman–Crippen LogP) is 3.39. The maximum Gasteiger partial charge on any atom is 0.338 e. The van der Waals surface area contributed by atoms with Crippen molar-refractivity contribution in [2.24, 2.45) is 0 Å². The van der Waals surface area contributed by atoms with E-state index in [0.29, 0.717) is 18.7 Å². The number of esters is 1. The summed E-state index contributed by atoms with van der Waals surface area (Å²) in [4.78, 5) is 26.7. The van der Waals surface area contributed by atoms with Crippen molar-refractivity contribution in [2.45, 2.75) is 19.9 Å². The molecule has 0 saturated carbocycles. The van der Waals surface area contributed by atoms with Crippen molar-refractivity contribution in [3.8, 4) is 0 Å². The number of anilines is 1. The molecule has 0 atom stereocenters. The first-order chi connectivity index (χ1) is 11.6. The van der Waals surface area contributed by atoms with Crippen molar-refractivity contribution < 1.29 is 14.3 Å². The van der Waals surface area contributed by atoms with Crippen LogP contribution in [0.2, 0.25) is 0 Å². The molecule has 0 aliphatic heterocycles. The second kappa shape index (κ2) is 9.08. The van der Waals surface area contributed by atoms with Crippen LogP contribution in [0.15, 0.2) is 41.8 Å². The van der Waals surface area contributed by atoms with Gasteiger partial charge in [0.05, 0.1) is 25.3 Å². The van der Waals surface area contributed by atoms with Crippen LogP contribution < -0.4 is 5.32 Å². The third-order valence-electron chi connectivity index (χ3n) is 3.40. The number of carbonyl (C=O) groups is 2. The highest BCUT2D eigenvalue weighted by molar-refractivity contribution is 7.09. The molecule has 5 nitrogen and oxygen atoms in total. The van der Waals surface area contributed by atoms with Gasteiger partial charge in [-0.15, -0.1) is 11.3 Å². The highest BCUT2D eigenvalue weighted by atomic mass is 32.1. The Morgan fingerprint density at radius 1 is 1.21 bits per heavy atom. The molecule has 1 heterocycles. The molecule has 0 aliphatic carbocycles. The molecular formula is C18H22N2O3S. The summed E-state index contributed by atoms with van der Waals surface area (Å²) in [5, 5.41) is 5.07. The van der Waals surface area contributed by atoms with E-state index in [1.165, 1.54) is 0 Å². The zero-order chi connectivity index (χ0) is 17.4. The molecule has 24 heavy (non-hydrogen) atoms. The molecule has 1 N–H and O–H groups in total. The molecule has 128 valence electrons. The van der Waals surface area contributed by atoms with Gasteiger partial charge in [0.15, 0.2) is 0 Å². The summed E-state index contributed by atoms with van der Waals surface area (Å²) in [5.74, 6) is -0.315. The fraction of sp³-hybridized carbons (Fsp3) is 0.333. The van der Waals surface area contributed by atoms with E-state index in [1.807, 2.05) is 24.4 Å². The number of nitrogens with zero attached hydrogens (tertiary/aromatic N) is 1. The number of benzene rings is 1. The molecule has 1 amide bonds. The van der Waals surface area contributed by atoms with Gasteiger partial charge in [0.25, 0.3) is 0 Å². The number of ether oxygens (including phenoxy) is 1. The number of thiophene rings is 1. The first-order valence-corrected chi connectivity index (χ1v) is 8.75. The maximum absolute atomic E-state index is 12.1. The van der Waals surface area contributed by atoms with Crippen LogP contribution in [0.25, 0.3) is 0 Å². The average Bonchev–Trinajstić information content (AvgIpc) is 3.10.